The van der Waals surface area contributed by atoms with Crippen molar-refractivity contribution < 1.29 is 4.74 Å². The molecule has 20 heavy (non-hydrogen) atoms. The van der Waals surface area contributed by atoms with Gasteiger partial charge < -0.3 is 9.64 Å². The first-order chi connectivity index (χ1) is 9.79. The maximum absolute atomic E-state index is 5.35. The number of hydrogen-bond donors (Lipinski definition) is 0. The summed E-state index contributed by atoms with van der Waals surface area (Å²) in [4.78, 5) is 13.4. The van der Waals surface area contributed by atoms with Crippen LogP contribution in [0.2, 0.25) is 0 Å². The molecule has 2 rings (SSSR count). The molecular formula is C15H26N4O. The van der Waals surface area contributed by atoms with Gasteiger partial charge in [-0.25, -0.2) is 9.97 Å². The Labute approximate surface area is 122 Å². The third-order valence-corrected chi connectivity index (χ3v) is 3.76. The zero-order valence-electron chi connectivity index (χ0n) is 12.7. The highest BCUT2D eigenvalue weighted by Crippen LogP contribution is 2.07. The summed E-state index contributed by atoms with van der Waals surface area (Å²) >= 11 is 0. The minimum absolute atomic E-state index is 0.827. The smallest absolute Gasteiger partial charge is 0.224 e. The van der Waals surface area contributed by atoms with E-state index in [2.05, 4.69) is 33.7 Å². The summed E-state index contributed by atoms with van der Waals surface area (Å²) in [6, 6.07) is 0. The molecule has 0 radical (unpaired) electrons. The van der Waals surface area contributed by atoms with E-state index in [1.165, 1.54) is 24.9 Å². The molecular weight excluding hydrogens is 252 g/mol. The molecule has 0 spiro atoms. The quantitative estimate of drug-likeness (QED) is 0.709. The van der Waals surface area contributed by atoms with Gasteiger partial charge in [0.2, 0.25) is 5.95 Å². The van der Waals surface area contributed by atoms with Crippen molar-refractivity contribution in [2.24, 2.45) is 0 Å². The number of ether oxygens (including phenoxy) is 1. The van der Waals surface area contributed by atoms with Gasteiger partial charge >= 0.3 is 0 Å². The molecule has 0 amide bonds. The predicted octanol–water partition coefficient (Wildman–Crippen LogP) is 1.59. The normalized spacial score (nSPS) is 16.3. The van der Waals surface area contributed by atoms with Gasteiger partial charge in [-0.05, 0) is 31.4 Å². The summed E-state index contributed by atoms with van der Waals surface area (Å²) in [5, 5.41) is 0. The second kappa shape index (κ2) is 8.17. The van der Waals surface area contributed by atoms with Gasteiger partial charge in [0.05, 0.1) is 13.2 Å². The standard InChI is InChI=1S/C15H26N4O/c1-3-14-12-16-15(17-13-14)18(2)6-4-5-7-19-8-10-20-11-9-19/h12-13H,3-11H2,1-2H3. The molecule has 1 aromatic heterocycles. The van der Waals surface area contributed by atoms with Crippen molar-refractivity contribution in [3.8, 4) is 0 Å². The van der Waals surface area contributed by atoms with Crippen LogP contribution in [0.3, 0.4) is 0 Å². The monoisotopic (exact) mass is 278 g/mol. The van der Waals surface area contributed by atoms with E-state index in [1.807, 2.05) is 12.4 Å². The van der Waals surface area contributed by atoms with Crippen LogP contribution in [-0.4, -0.2) is 61.3 Å². The van der Waals surface area contributed by atoms with Crippen molar-refractivity contribution in [3.05, 3.63) is 18.0 Å². The summed E-state index contributed by atoms with van der Waals surface area (Å²) in [5.74, 6) is 0.827. The minimum atomic E-state index is 0.827. The number of rotatable bonds is 7. The van der Waals surface area contributed by atoms with Crippen molar-refractivity contribution in [1.29, 1.82) is 0 Å². The van der Waals surface area contributed by atoms with Gasteiger partial charge in [-0.15, -0.1) is 0 Å². The highest BCUT2D eigenvalue weighted by Gasteiger charge is 2.10. The van der Waals surface area contributed by atoms with Crippen LogP contribution in [0.25, 0.3) is 0 Å². The van der Waals surface area contributed by atoms with Crippen molar-refractivity contribution in [3.63, 3.8) is 0 Å². The first-order valence-electron chi connectivity index (χ1n) is 7.61. The van der Waals surface area contributed by atoms with Gasteiger partial charge in [0.15, 0.2) is 0 Å². The van der Waals surface area contributed by atoms with Gasteiger partial charge in [-0.1, -0.05) is 6.92 Å². The van der Waals surface area contributed by atoms with E-state index in [0.717, 1.165) is 45.2 Å². The molecule has 0 saturated carbocycles. The molecule has 5 nitrogen and oxygen atoms in total. The van der Waals surface area contributed by atoms with E-state index in [4.69, 9.17) is 4.74 Å². The highest BCUT2D eigenvalue weighted by atomic mass is 16.5. The number of nitrogens with zero attached hydrogens (tertiary/aromatic N) is 4. The van der Waals surface area contributed by atoms with Crippen LogP contribution < -0.4 is 4.90 Å². The minimum Gasteiger partial charge on any atom is -0.379 e. The third kappa shape index (κ3) is 4.72. The number of aromatic nitrogens is 2. The summed E-state index contributed by atoms with van der Waals surface area (Å²) in [6.45, 7) is 8.24. The molecule has 1 aliphatic heterocycles. The summed E-state index contributed by atoms with van der Waals surface area (Å²) in [6.07, 6.45) is 7.23. The molecule has 1 fully saturated rings. The molecule has 1 saturated heterocycles. The van der Waals surface area contributed by atoms with E-state index in [9.17, 15) is 0 Å². The first kappa shape index (κ1) is 15.2. The molecule has 1 aliphatic rings. The van der Waals surface area contributed by atoms with Crippen molar-refractivity contribution in [2.75, 3.05) is 51.3 Å². The molecule has 112 valence electrons. The van der Waals surface area contributed by atoms with Crippen molar-refractivity contribution >= 4 is 5.95 Å². The van der Waals surface area contributed by atoms with Gasteiger partial charge in [0.1, 0.15) is 0 Å². The zero-order chi connectivity index (χ0) is 14.2. The fraction of sp³-hybridized carbons (Fsp3) is 0.733. The summed E-state index contributed by atoms with van der Waals surface area (Å²) < 4.78 is 5.35. The number of hydrogen-bond acceptors (Lipinski definition) is 5. The third-order valence-electron chi connectivity index (χ3n) is 3.76. The fourth-order valence-electron chi connectivity index (χ4n) is 2.34. The van der Waals surface area contributed by atoms with Crippen LogP contribution in [0.1, 0.15) is 25.3 Å². The Kier molecular flexibility index (Phi) is 6.21. The lowest BCUT2D eigenvalue weighted by Gasteiger charge is -2.26. The van der Waals surface area contributed by atoms with E-state index >= 15 is 0 Å². The maximum atomic E-state index is 5.35. The van der Waals surface area contributed by atoms with E-state index in [0.29, 0.717) is 0 Å². The second-order valence-electron chi connectivity index (χ2n) is 5.33. The fourth-order valence-corrected chi connectivity index (χ4v) is 2.34. The van der Waals surface area contributed by atoms with Crippen LogP contribution in [-0.2, 0) is 11.2 Å². The van der Waals surface area contributed by atoms with Crippen molar-refractivity contribution in [1.82, 2.24) is 14.9 Å². The highest BCUT2D eigenvalue weighted by molar-refractivity contribution is 5.28. The molecule has 5 heteroatoms. The molecule has 2 heterocycles. The average molecular weight is 278 g/mol. The summed E-state index contributed by atoms with van der Waals surface area (Å²) in [7, 11) is 2.07. The Morgan fingerprint density at radius 1 is 1.20 bits per heavy atom. The number of unbranched alkanes of at least 4 members (excludes halogenated alkanes) is 1. The lowest BCUT2D eigenvalue weighted by Crippen LogP contribution is -2.37. The average Bonchev–Trinajstić information content (AvgIpc) is 2.52. The molecule has 0 aromatic carbocycles. The molecule has 0 atom stereocenters. The predicted molar refractivity (Wildman–Crippen MR) is 81.2 cm³/mol. The van der Waals surface area contributed by atoms with Crippen LogP contribution in [0.15, 0.2) is 12.4 Å². The molecule has 1 aromatic rings. The van der Waals surface area contributed by atoms with Gasteiger partial charge in [-0.3, -0.25) is 4.90 Å². The molecule has 0 bridgehead atoms. The Hall–Kier alpha value is -1.20. The van der Waals surface area contributed by atoms with Crippen LogP contribution in [0, 0.1) is 0 Å². The SMILES string of the molecule is CCc1cnc(N(C)CCCCN2CCOCC2)nc1. The van der Waals surface area contributed by atoms with E-state index in [1.54, 1.807) is 0 Å². The number of aryl methyl sites for hydroxylation is 1. The van der Waals surface area contributed by atoms with E-state index in [-0.39, 0.29) is 0 Å². The van der Waals surface area contributed by atoms with Crippen LogP contribution in [0.4, 0.5) is 5.95 Å². The topological polar surface area (TPSA) is 41.5 Å². The lowest BCUT2D eigenvalue weighted by atomic mass is 10.2. The Bertz CT molecular complexity index is 376. The van der Waals surface area contributed by atoms with Gasteiger partial charge in [-0.2, -0.15) is 0 Å². The largest absolute Gasteiger partial charge is 0.379 e. The first-order valence-corrected chi connectivity index (χ1v) is 7.61. The molecule has 0 N–H and O–H groups in total. The van der Waals surface area contributed by atoms with E-state index < -0.39 is 0 Å². The number of morpholine rings is 1. The molecule has 0 unspecified atom stereocenters. The lowest BCUT2D eigenvalue weighted by molar-refractivity contribution is 0.0372. The zero-order valence-corrected chi connectivity index (χ0v) is 12.7. The van der Waals surface area contributed by atoms with Gasteiger partial charge in [0.25, 0.3) is 0 Å². The molecule has 0 aliphatic carbocycles. The number of anilines is 1. The maximum Gasteiger partial charge on any atom is 0.224 e. The summed E-state index contributed by atoms with van der Waals surface area (Å²) in [5.41, 5.74) is 1.19. The Morgan fingerprint density at radius 2 is 1.90 bits per heavy atom. The Balaban J connectivity index is 1.64. The van der Waals surface area contributed by atoms with Crippen LogP contribution >= 0.6 is 0 Å². The van der Waals surface area contributed by atoms with Gasteiger partial charge in [0, 0.05) is 39.1 Å². The van der Waals surface area contributed by atoms with Crippen molar-refractivity contribution in [2.45, 2.75) is 26.2 Å². The second-order valence-corrected chi connectivity index (χ2v) is 5.33. The Morgan fingerprint density at radius 3 is 2.55 bits per heavy atom. The van der Waals surface area contributed by atoms with Crippen LogP contribution in [0.5, 0.6) is 0 Å².